The molecule has 2 rings (SSSR count). The topological polar surface area (TPSA) is 38.5 Å². The van der Waals surface area contributed by atoms with Crippen molar-refractivity contribution in [2.75, 3.05) is 13.1 Å². The van der Waals surface area contributed by atoms with Gasteiger partial charge < -0.3 is 10.5 Å². The van der Waals surface area contributed by atoms with Crippen LogP contribution in [0.5, 0.6) is 5.75 Å². The Hall–Kier alpha value is -1.06. The quantitative estimate of drug-likeness (QED) is 0.898. The lowest BCUT2D eigenvalue weighted by Crippen LogP contribution is -2.53. The highest BCUT2D eigenvalue weighted by Gasteiger charge is 2.34. The SMILES string of the molecule is CC(C)Oc1ccc(C(N)C(C)(C)N2CCCCC2)cc1. The Labute approximate surface area is 129 Å². The van der Waals surface area contributed by atoms with Gasteiger partial charge in [-0.1, -0.05) is 18.6 Å². The Morgan fingerprint density at radius 3 is 2.14 bits per heavy atom. The van der Waals surface area contributed by atoms with E-state index in [0.29, 0.717) is 0 Å². The predicted octanol–water partition coefficient (Wildman–Crippen LogP) is 3.74. The number of rotatable bonds is 5. The predicted molar refractivity (Wildman–Crippen MR) is 88.6 cm³/mol. The van der Waals surface area contributed by atoms with E-state index in [1.54, 1.807) is 0 Å². The lowest BCUT2D eigenvalue weighted by atomic mass is 9.86. The number of likely N-dealkylation sites (tertiary alicyclic amines) is 1. The third kappa shape index (κ3) is 3.98. The summed E-state index contributed by atoms with van der Waals surface area (Å²) in [6, 6.07) is 8.29. The van der Waals surface area contributed by atoms with Crippen molar-refractivity contribution in [3.05, 3.63) is 29.8 Å². The van der Waals surface area contributed by atoms with Gasteiger partial charge in [-0.2, -0.15) is 0 Å². The zero-order valence-electron chi connectivity index (χ0n) is 13.9. The van der Waals surface area contributed by atoms with Crippen LogP contribution in [0.3, 0.4) is 0 Å². The molecule has 1 atom stereocenters. The molecule has 1 fully saturated rings. The average Bonchev–Trinajstić information content (AvgIpc) is 2.47. The first kappa shape index (κ1) is 16.3. The van der Waals surface area contributed by atoms with Crippen LogP contribution in [0.2, 0.25) is 0 Å². The molecular weight excluding hydrogens is 260 g/mol. The third-order valence-corrected chi connectivity index (χ3v) is 4.54. The highest BCUT2D eigenvalue weighted by molar-refractivity contribution is 5.30. The molecule has 1 aliphatic rings. The summed E-state index contributed by atoms with van der Waals surface area (Å²) >= 11 is 0. The normalized spacial score (nSPS) is 18.8. The van der Waals surface area contributed by atoms with E-state index in [-0.39, 0.29) is 17.7 Å². The van der Waals surface area contributed by atoms with E-state index >= 15 is 0 Å². The highest BCUT2D eigenvalue weighted by Crippen LogP contribution is 2.32. The number of ether oxygens (including phenoxy) is 1. The summed E-state index contributed by atoms with van der Waals surface area (Å²) in [5.74, 6) is 0.914. The lowest BCUT2D eigenvalue weighted by molar-refractivity contribution is 0.0729. The van der Waals surface area contributed by atoms with Gasteiger partial charge in [0.25, 0.3) is 0 Å². The van der Waals surface area contributed by atoms with Gasteiger partial charge in [0, 0.05) is 11.6 Å². The maximum Gasteiger partial charge on any atom is 0.119 e. The van der Waals surface area contributed by atoms with Gasteiger partial charge in [-0.15, -0.1) is 0 Å². The van der Waals surface area contributed by atoms with E-state index in [2.05, 4.69) is 30.9 Å². The molecule has 0 amide bonds. The molecule has 0 aliphatic carbocycles. The third-order valence-electron chi connectivity index (χ3n) is 4.54. The van der Waals surface area contributed by atoms with Gasteiger partial charge >= 0.3 is 0 Å². The summed E-state index contributed by atoms with van der Waals surface area (Å²) in [5.41, 5.74) is 7.74. The molecule has 1 heterocycles. The first-order chi connectivity index (χ1) is 9.91. The molecule has 0 bridgehead atoms. The summed E-state index contributed by atoms with van der Waals surface area (Å²) in [7, 11) is 0. The van der Waals surface area contributed by atoms with Crippen LogP contribution in [0.25, 0.3) is 0 Å². The summed E-state index contributed by atoms with van der Waals surface area (Å²) in [4.78, 5) is 2.54. The van der Waals surface area contributed by atoms with Gasteiger partial charge in [0.15, 0.2) is 0 Å². The molecule has 21 heavy (non-hydrogen) atoms. The van der Waals surface area contributed by atoms with Crippen LogP contribution in [0.1, 0.15) is 58.6 Å². The number of piperidine rings is 1. The molecule has 1 aromatic rings. The van der Waals surface area contributed by atoms with Crippen molar-refractivity contribution in [3.63, 3.8) is 0 Å². The van der Waals surface area contributed by atoms with Crippen LogP contribution < -0.4 is 10.5 Å². The van der Waals surface area contributed by atoms with Crippen molar-refractivity contribution in [1.82, 2.24) is 4.90 Å². The highest BCUT2D eigenvalue weighted by atomic mass is 16.5. The Morgan fingerprint density at radius 1 is 1.05 bits per heavy atom. The molecule has 1 saturated heterocycles. The van der Waals surface area contributed by atoms with E-state index in [9.17, 15) is 0 Å². The van der Waals surface area contributed by atoms with Crippen LogP contribution in [-0.4, -0.2) is 29.6 Å². The molecule has 0 saturated carbocycles. The number of benzene rings is 1. The van der Waals surface area contributed by atoms with Crippen molar-refractivity contribution >= 4 is 0 Å². The monoisotopic (exact) mass is 290 g/mol. The molecule has 2 N–H and O–H groups in total. The molecule has 0 radical (unpaired) electrons. The number of nitrogens with two attached hydrogens (primary N) is 1. The number of hydrogen-bond acceptors (Lipinski definition) is 3. The van der Waals surface area contributed by atoms with Crippen molar-refractivity contribution in [2.45, 2.75) is 64.6 Å². The smallest absolute Gasteiger partial charge is 0.119 e. The van der Waals surface area contributed by atoms with Crippen molar-refractivity contribution in [3.8, 4) is 5.75 Å². The van der Waals surface area contributed by atoms with Gasteiger partial charge in [-0.05, 0) is 71.3 Å². The minimum Gasteiger partial charge on any atom is -0.491 e. The molecule has 0 aromatic heterocycles. The van der Waals surface area contributed by atoms with Gasteiger partial charge in [-0.3, -0.25) is 4.90 Å². The van der Waals surface area contributed by atoms with Crippen LogP contribution in [0.4, 0.5) is 0 Å². The standard InChI is InChI=1S/C18H30N2O/c1-14(2)21-16-10-8-15(9-11-16)17(19)18(3,4)20-12-6-5-7-13-20/h8-11,14,17H,5-7,12-13,19H2,1-4H3. The molecule has 3 nitrogen and oxygen atoms in total. The lowest BCUT2D eigenvalue weighted by Gasteiger charge is -2.44. The zero-order valence-corrected chi connectivity index (χ0v) is 13.9. The van der Waals surface area contributed by atoms with Gasteiger partial charge in [0.05, 0.1) is 6.10 Å². The molecule has 118 valence electrons. The maximum atomic E-state index is 6.57. The molecule has 1 aromatic carbocycles. The second kappa shape index (κ2) is 6.80. The van der Waals surface area contributed by atoms with Gasteiger partial charge in [0.2, 0.25) is 0 Å². The van der Waals surface area contributed by atoms with Crippen molar-refractivity contribution < 1.29 is 4.74 Å². The van der Waals surface area contributed by atoms with Crippen molar-refractivity contribution in [2.24, 2.45) is 5.73 Å². The largest absolute Gasteiger partial charge is 0.491 e. The van der Waals surface area contributed by atoms with Crippen molar-refractivity contribution in [1.29, 1.82) is 0 Å². The fourth-order valence-electron chi connectivity index (χ4n) is 3.10. The molecule has 3 heteroatoms. The van der Waals surface area contributed by atoms with E-state index in [1.165, 1.54) is 24.8 Å². The number of nitrogens with zero attached hydrogens (tertiary/aromatic N) is 1. The molecular formula is C18H30N2O. The van der Waals surface area contributed by atoms with Crippen LogP contribution in [0.15, 0.2) is 24.3 Å². The second-order valence-corrected chi connectivity index (χ2v) is 6.91. The maximum absolute atomic E-state index is 6.57. The summed E-state index contributed by atoms with van der Waals surface area (Å²) in [6.45, 7) is 10.9. The second-order valence-electron chi connectivity index (χ2n) is 6.91. The van der Waals surface area contributed by atoms with E-state index in [1.807, 2.05) is 26.0 Å². The molecule has 0 spiro atoms. The summed E-state index contributed by atoms with van der Waals surface area (Å²) in [5, 5.41) is 0. The van der Waals surface area contributed by atoms with Crippen LogP contribution in [-0.2, 0) is 0 Å². The van der Waals surface area contributed by atoms with E-state index in [4.69, 9.17) is 10.5 Å². The van der Waals surface area contributed by atoms with Gasteiger partial charge in [-0.25, -0.2) is 0 Å². The Morgan fingerprint density at radius 2 is 1.62 bits per heavy atom. The number of hydrogen-bond donors (Lipinski definition) is 1. The Balaban J connectivity index is 2.08. The molecule has 1 aliphatic heterocycles. The Bertz CT molecular complexity index is 433. The minimum absolute atomic E-state index is 0.0131. The fourth-order valence-corrected chi connectivity index (χ4v) is 3.10. The van der Waals surface area contributed by atoms with E-state index in [0.717, 1.165) is 18.8 Å². The first-order valence-corrected chi connectivity index (χ1v) is 8.18. The van der Waals surface area contributed by atoms with E-state index < -0.39 is 0 Å². The first-order valence-electron chi connectivity index (χ1n) is 8.18. The van der Waals surface area contributed by atoms with Gasteiger partial charge in [0.1, 0.15) is 5.75 Å². The molecule has 1 unspecified atom stereocenters. The zero-order chi connectivity index (χ0) is 15.5. The van der Waals surface area contributed by atoms with Crippen LogP contribution >= 0.6 is 0 Å². The summed E-state index contributed by atoms with van der Waals surface area (Å²) < 4.78 is 5.70. The minimum atomic E-state index is -0.0131. The fraction of sp³-hybridized carbons (Fsp3) is 0.667. The Kier molecular flexibility index (Phi) is 5.28. The average molecular weight is 290 g/mol. The van der Waals surface area contributed by atoms with Crippen LogP contribution in [0, 0.1) is 0 Å². The summed E-state index contributed by atoms with van der Waals surface area (Å²) in [6.07, 6.45) is 4.13.